The highest BCUT2D eigenvalue weighted by molar-refractivity contribution is 7.16. The lowest BCUT2D eigenvalue weighted by Gasteiger charge is -2.33. The van der Waals surface area contributed by atoms with Gasteiger partial charge in [0.15, 0.2) is 0 Å². The number of nitrogens with zero attached hydrogens (tertiary/aromatic N) is 4. The van der Waals surface area contributed by atoms with E-state index >= 15 is 0 Å². The molecule has 0 aromatic carbocycles. The van der Waals surface area contributed by atoms with Crippen molar-refractivity contribution in [2.45, 2.75) is 13.5 Å². The fraction of sp³-hybridized carbons (Fsp3) is 0.538. The first-order valence-corrected chi connectivity index (χ1v) is 7.58. The van der Waals surface area contributed by atoms with Gasteiger partial charge in [0, 0.05) is 26.2 Å². The lowest BCUT2D eigenvalue weighted by Crippen LogP contribution is -2.45. The number of nitrogen functional groups attached to an aromatic ring is 1. The number of piperazine rings is 1. The van der Waals surface area contributed by atoms with Crippen LogP contribution in [0.15, 0.2) is 11.4 Å². The summed E-state index contributed by atoms with van der Waals surface area (Å²) in [5, 5.41) is 2.99. The molecule has 0 aliphatic carbocycles. The minimum atomic E-state index is 0.605. The van der Waals surface area contributed by atoms with Crippen molar-refractivity contribution < 1.29 is 0 Å². The number of thiophene rings is 1. The Morgan fingerprint density at radius 1 is 1.21 bits per heavy atom. The van der Waals surface area contributed by atoms with Gasteiger partial charge in [-0.3, -0.25) is 4.90 Å². The van der Waals surface area contributed by atoms with Crippen LogP contribution in [0.3, 0.4) is 0 Å². The Bertz CT molecular complexity index is 559. The molecule has 3 rings (SSSR count). The Morgan fingerprint density at radius 3 is 2.68 bits per heavy atom. The standard InChI is InChI=1S/C13H19N5S/c1-2-17-4-6-18(7-5-17)9-11-15-12(14)10-3-8-19-13(10)16-11/h3,8H,2,4-7,9H2,1H3,(H2,14,15,16). The predicted molar refractivity (Wildman–Crippen MR) is 79.2 cm³/mol. The van der Waals surface area contributed by atoms with Crippen molar-refractivity contribution in [1.29, 1.82) is 0 Å². The molecule has 6 heteroatoms. The number of hydrogen-bond donors (Lipinski definition) is 1. The number of aromatic nitrogens is 2. The van der Waals surface area contributed by atoms with Crippen molar-refractivity contribution in [2.24, 2.45) is 0 Å². The zero-order valence-electron chi connectivity index (χ0n) is 11.2. The van der Waals surface area contributed by atoms with Crippen LogP contribution in [0.25, 0.3) is 10.2 Å². The molecule has 0 bridgehead atoms. The SMILES string of the molecule is CCN1CCN(Cc2nc(N)c3ccsc3n2)CC1. The van der Waals surface area contributed by atoms with Gasteiger partial charge in [0.05, 0.1) is 11.9 Å². The van der Waals surface area contributed by atoms with Crippen LogP contribution in [0.1, 0.15) is 12.7 Å². The molecule has 2 aromatic rings. The molecular weight excluding hydrogens is 258 g/mol. The maximum absolute atomic E-state index is 5.98. The first-order valence-electron chi connectivity index (χ1n) is 6.70. The average Bonchev–Trinajstić information content (AvgIpc) is 2.88. The van der Waals surface area contributed by atoms with Gasteiger partial charge in [-0.2, -0.15) is 0 Å². The van der Waals surface area contributed by atoms with E-state index < -0.39 is 0 Å². The van der Waals surface area contributed by atoms with Gasteiger partial charge in [0.25, 0.3) is 0 Å². The van der Waals surface area contributed by atoms with Gasteiger partial charge in [-0.05, 0) is 18.0 Å². The molecule has 102 valence electrons. The third-order valence-electron chi connectivity index (χ3n) is 3.68. The van der Waals surface area contributed by atoms with Crippen molar-refractivity contribution in [3.8, 4) is 0 Å². The smallest absolute Gasteiger partial charge is 0.146 e. The zero-order chi connectivity index (χ0) is 13.2. The summed E-state index contributed by atoms with van der Waals surface area (Å²) >= 11 is 1.62. The van der Waals surface area contributed by atoms with Gasteiger partial charge in [-0.25, -0.2) is 9.97 Å². The number of anilines is 1. The van der Waals surface area contributed by atoms with E-state index in [0.29, 0.717) is 5.82 Å². The third kappa shape index (κ3) is 2.70. The molecule has 2 aromatic heterocycles. The molecule has 0 radical (unpaired) electrons. The Hall–Kier alpha value is -1.24. The lowest BCUT2D eigenvalue weighted by atomic mass is 10.3. The number of rotatable bonds is 3. The second kappa shape index (κ2) is 5.40. The molecule has 5 nitrogen and oxygen atoms in total. The molecule has 0 spiro atoms. The quantitative estimate of drug-likeness (QED) is 0.919. The van der Waals surface area contributed by atoms with E-state index in [0.717, 1.165) is 55.3 Å². The summed E-state index contributed by atoms with van der Waals surface area (Å²) in [6.07, 6.45) is 0. The van der Waals surface area contributed by atoms with Crippen LogP contribution in [0.2, 0.25) is 0 Å². The predicted octanol–water partition coefficient (Wildman–Crippen LogP) is 1.41. The normalized spacial score (nSPS) is 18.2. The van der Waals surface area contributed by atoms with E-state index in [1.54, 1.807) is 11.3 Å². The van der Waals surface area contributed by atoms with Crippen molar-refractivity contribution in [2.75, 3.05) is 38.5 Å². The van der Waals surface area contributed by atoms with Gasteiger partial charge >= 0.3 is 0 Å². The van der Waals surface area contributed by atoms with Gasteiger partial charge in [0.1, 0.15) is 16.5 Å². The Balaban J connectivity index is 1.71. The van der Waals surface area contributed by atoms with Gasteiger partial charge in [-0.1, -0.05) is 6.92 Å². The summed E-state index contributed by atoms with van der Waals surface area (Å²) in [6, 6.07) is 1.99. The molecule has 3 heterocycles. The Kier molecular flexibility index (Phi) is 3.63. The number of hydrogen-bond acceptors (Lipinski definition) is 6. The molecule has 0 unspecified atom stereocenters. The van der Waals surface area contributed by atoms with E-state index in [2.05, 4.69) is 26.7 Å². The van der Waals surface area contributed by atoms with Crippen molar-refractivity contribution in [3.63, 3.8) is 0 Å². The Labute approximate surface area is 117 Å². The molecule has 0 amide bonds. The maximum Gasteiger partial charge on any atom is 0.146 e. The number of nitrogens with two attached hydrogens (primary N) is 1. The molecule has 1 saturated heterocycles. The van der Waals surface area contributed by atoms with Crippen molar-refractivity contribution >= 4 is 27.4 Å². The summed E-state index contributed by atoms with van der Waals surface area (Å²) in [6.45, 7) is 8.58. The van der Waals surface area contributed by atoms with Gasteiger partial charge in [-0.15, -0.1) is 11.3 Å². The summed E-state index contributed by atoms with van der Waals surface area (Å²) in [5.41, 5.74) is 5.98. The molecular formula is C13H19N5S. The van der Waals surface area contributed by atoms with Crippen LogP contribution in [-0.2, 0) is 6.54 Å². The lowest BCUT2D eigenvalue weighted by molar-refractivity contribution is 0.130. The molecule has 19 heavy (non-hydrogen) atoms. The molecule has 1 fully saturated rings. The van der Waals surface area contributed by atoms with E-state index in [1.165, 1.54) is 0 Å². The van der Waals surface area contributed by atoms with Crippen LogP contribution in [0.4, 0.5) is 5.82 Å². The zero-order valence-corrected chi connectivity index (χ0v) is 12.0. The Morgan fingerprint density at radius 2 is 1.95 bits per heavy atom. The second-order valence-electron chi connectivity index (χ2n) is 4.87. The number of fused-ring (bicyclic) bond motifs is 1. The minimum absolute atomic E-state index is 0.605. The average molecular weight is 277 g/mol. The first-order chi connectivity index (χ1) is 9.26. The highest BCUT2D eigenvalue weighted by Gasteiger charge is 2.17. The highest BCUT2D eigenvalue weighted by Crippen LogP contribution is 2.23. The summed E-state index contributed by atoms with van der Waals surface area (Å²) in [7, 11) is 0. The van der Waals surface area contributed by atoms with Crippen molar-refractivity contribution in [1.82, 2.24) is 19.8 Å². The minimum Gasteiger partial charge on any atom is -0.383 e. The summed E-state index contributed by atoms with van der Waals surface area (Å²) in [4.78, 5) is 14.9. The van der Waals surface area contributed by atoms with Gasteiger partial charge < -0.3 is 10.6 Å². The monoisotopic (exact) mass is 277 g/mol. The topological polar surface area (TPSA) is 58.3 Å². The van der Waals surface area contributed by atoms with Crippen LogP contribution < -0.4 is 5.73 Å². The highest BCUT2D eigenvalue weighted by atomic mass is 32.1. The van der Waals surface area contributed by atoms with E-state index in [4.69, 9.17) is 5.73 Å². The van der Waals surface area contributed by atoms with E-state index in [9.17, 15) is 0 Å². The fourth-order valence-electron chi connectivity index (χ4n) is 2.46. The van der Waals surface area contributed by atoms with Gasteiger partial charge in [0.2, 0.25) is 0 Å². The second-order valence-corrected chi connectivity index (χ2v) is 5.77. The van der Waals surface area contributed by atoms with Crippen LogP contribution in [-0.4, -0.2) is 52.5 Å². The summed E-state index contributed by atoms with van der Waals surface area (Å²) < 4.78 is 0. The third-order valence-corrected chi connectivity index (χ3v) is 4.48. The fourth-order valence-corrected chi connectivity index (χ4v) is 3.25. The molecule has 0 atom stereocenters. The van der Waals surface area contributed by atoms with Crippen LogP contribution in [0.5, 0.6) is 0 Å². The van der Waals surface area contributed by atoms with E-state index in [1.807, 2.05) is 11.4 Å². The summed E-state index contributed by atoms with van der Waals surface area (Å²) in [5.74, 6) is 1.45. The molecule has 1 aliphatic rings. The van der Waals surface area contributed by atoms with Crippen LogP contribution in [0, 0.1) is 0 Å². The molecule has 0 saturated carbocycles. The maximum atomic E-state index is 5.98. The first kappa shape index (κ1) is 12.8. The molecule has 2 N–H and O–H groups in total. The largest absolute Gasteiger partial charge is 0.383 e. The van der Waals surface area contributed by atoms with Crippen LogP contribution >= 0.6 is 11.3 Å². The van der Waals surface area contributed by atoms with E-state index in [-0.39, 0.29) is 0 Å². The number of likely N-dealkylation sites (N-methyl/N-ethyl adjacent to an activating group) is 1. The molecule has 1 aliphatic heterocycles. The van der Waals surface area contributed by atoms with Crippen molar-refractivity contribution in [3.05, 3.63) is 17.3 Å².